The molecule has 0 saturated carbocycles. The SMILES string of the molecule is CNC(=O)C1CCN(C(=O)[C@@H](N)C(C)(C)C)CC1. The van der Waals surface area contributed by atoms with Crippen LogP contribution in [0.4, 0.5) is 0 Å². The zero-order chi connectivity index (χ0) is 13.9. The maximum absolute atomic E-state index is 12.2. The van der Waals surface area contributed by atoms with E-state index in [1.54, 1.807) is 11.9 Å². The number of carbonyl (C=O) groups excluding carboxylic acids is 2. The monoisotopic (exact) mass is 255 g/mol. The third-order valence-electron chi connectivity index (χ3n) is 3.62. The van der Waals surface area contributed by atoms with Gasteiger partial charge >= 0.3 is 0 Å². The highest BCUT2D eigenvalue weighted by Gasteiger charge is 2.33. The van der Waals surface area contributed by atoms with Gasteiger partial charge in [-0.2, -0.15) is 0 Å². The van der Waals surface area contributed by atoms with E-state index in [-0.39, 0.29) is 23.1 Å². The van der Waals surface area contributed by atoms with Crippen LogP contribution in [0, 0.1) is 11.3 Å². The second-order valence-electron chi connectivity index (χ2n) is 6.06. The molecule has 1 rings (SSSR count). The number of hydrogen-bond donors (Lipinski definition) is 2. The molecule has 1 saturated heterocycles. The Hall–Kier alpha value is -1.10. The molecule has 0 aromatic rings. The average molecular weight is 255 g/mol. The highest BCUT2D eigenvalue weighted by Crippen LogP contribution is 2.22. The normalized spacial score (nSPS) is 19.5. The lowest BCUT2D eigenvalue weighted by molar-refractivity contribution is -0.138. The Balaban J connectivity index is 2.53. The van der Waals surface area contributed by atoms with Crippen LogP contribution >= 0.6 is 0 Å². The molecule has 0 aromatic heterocycles. The number of hydrogen-bond acceptors (Lipinski definition) is 3. The molecule has 1 heterocycles. The summed E-state index contributed by atoms with van der Waals surface area (Å²) in [5.74, 6) is 0.102. The standard InChI is InChI=1S/C13H25N3O2/c1-13(2,3)10(14)12(18)16-7-5-9(6-8-16)11(17)15-4/h9-10H,5-8,14H2,1-4H3,(H,15,17)/t10-/m1/s1. The van der Waals surface area contributed by atoms with Gasteiger partial charge in [-0.3, -0.25) is 9.59 Å². The minimum Gasteiger partial charge on any atom is -0.359 e. The second kappa shape index (κ2) is 5.69. The molecule has 1 fully saturated rings. The molecule has 1 aliphatic heterocycles. The fourth-order valence-corrected chi connectivity index (χ4v) is 2.13. The highest BCUT2D eigenvalue weighted by molar-refractivity contribution is 5.83. The van der Waals surface area contributed by atoms with Crippen molar-refractivity contribution in [2.75, 3.05) is 20.1 Å². The van der Waals surface area contributed by atoms with Crippen molar-refractivity contribution in [3.63, 3.8) is 0 Å². The van der Waals surface area contributed by atoms with Gasteiger partial charge in [-0.15, -0.1) is 0 Å². The van der Waals surface area contributed by atoms with Gasteiger partial charge in [-0.05, 0) is 18.3 Å². The summed E-state index contributed by atoms with van der Waals surface area (Å²) in [4.78, 5) is 25.5. The van der Waals surface area contributed by atoms with Crippen molar-refractivity contribution in [2.24, 2.45) is 17.1 Å². The Bertz CT molecular complexity index is 315. The summed E-state index contributed by atoms with van der Waals surface area (Å²) >= 11 is 0. The van der Waals surface area contributed by atoms with E-state index in [4.69, 9.17) is 5.73 Å². The van der Waals surface area contributed by atoms with Gasteiger partial charge in [-0.25, -0.2) is 0 Å². The summed E-state index contributed by atoms with van der Waals surface area (Å²) in [6, 6.07) is -0.478. The lowest BCUT2D eigenvalue weighted by Gasteiger charge is -2.36. The van der Waals surface area contributed by atoms with Gasteiger partial charge in [0.05, 0.1) is 6.04 Å². The minimum atomic E-state index is -0.478. The van der Waals surface area contributed by atoms with E-state index in [0.717, 1.165) is 12.8 Å². The van der Waals surface area contributed by atoms with Gasteiger partial charge in [0, 0.05) is 26.1 Å². The molecule has 18 heavy (non-hydrogen) atoms. The molecule has 0 spiro atoms. The topological polar surface area (TPSA) is 75.4 Å². The van der Waals surface area contributed by atoms with Crippen LogP contribution in [0.2, 0.25) is 0 Å². The first kappa shape index (κ1) is 15.0. The first-order chi connectivity index (χ1) is 8.27. The molecule has 5 nitrogen and oxygen atoms in total. The number of likely N-dealkylation sites (tertiary alicyclic amines) is 1. The molecule has 0 bridgehead atoms. The van der Waals surface area contributed by atoms with Crippen molar-refractivity contribution in [3.8, 4) is 0 Å². The van der Waals surface area contributed by atoms with E-state index in [1.807, 2.05) is 20.8 Å². The van der Waals surface area contributed by atoms with Gasteiger partial charge in [-0.1, -0.05) is 20.8 Å². The maximum Gasteiger partial charge on any atom is 0.240 e. The lowest BCUT2D eigenvalue weighted by Crippen LogP contribution is -2.53. The molecule has 0 radical (unpaired) electrons. The summed E-state index contributed by atoms with van der Waals surface area (Å²) in [6.45, 7) is 7.15. The van der Waals surface area contributed by atoms with Crippen LogP contribution in [0.1, 0.15) is 33.6 Å². The van der Waals surface area contributed by atoms with Gasteiger partial charge in [0.25, 0.3) is 0 Å². The van der Waals surface area contributed by atoms with Gasteiger partial charge < -0.3 is 16.0 Å². The van der Waals surface area contributed by atoms with Crippen molar-refractivity contribution < 1.29 is 9.59 Å². The van der Waals surface area contributed by atoms with Crippen LogP contribution in [0.25, 0.3) is 0 Å². The van der Waals surface area contributed by atoms with Crippen molar-refractivity contribution in [1.29, 1.82) is 0 Å². The van der Waals surface area contributed by atoms with Crippen LogP contribution < -0.4 is 11.1 Å². The molecule has 1 atom stereocenters. The van der Waals surface area contributed by atoms with E-state index in [9.17, 15) is 9.59 Å². The molecule has 3 N–H and O–H groups in total. The number of rotatable bonds is 2. The Morgan fingerprint density at radius 3 is 2.17 bits per heavy atom. The van der Waals surface area contributed by atoms with Crippen LogP contribution in [-0.2, 0) is 9.59 Å². The van der Waals surface area contributed by atoms with Crippen molar-refractivity contribution >= 4 is 11.8 Å². The number of nitrogens with zero attached hydrogens (tertiary/aromatic N) is 1. The van der Waals surface area contributed by atoms with Crippen molar-refractivity contribution in [3.05, 3.63) is 0 Å². The summed E-state index contributed by atoms with van der Waals surface area (Å²) in [5.41, 5.74) is 5.75. The maximum atomic E-state index is 12.2. The number of nitrogens with one attached hydrogen (secondary N) is 1. The predicted molar refractivity (Wildman–Crippen MR) is 70.8 cm³/mol. The van der Waals surface area contributed by atoms with Gasteiger partial charge in [0.2, 0.25) is 11.8 Å². The second-order valence-corrected chi connectivity index (χ2v) is 6.06. The molecular weight excluding hydrogens is 230 g/mol. The fraction of sp³-hybridized carbons (Fsp3) is 0.846. The van der Waals surface area contributed by atoms with Crippen molar-refractivity contribution in [1.82, 2.24) is 10.2 Å². The number of nitrogens with two attached hydrogens (primary N) is 1. The first-order valence-electron chi connectivity index (χ1n) is 6.53. The number of amides is 2. The molecule has 104 valence electrons. The van der Waals surface area contributed by atoms with Crippen LogP contribution in [-0.4, -0.2) is 42.9 Å². The third kappa shape index (κ3) is 3.45. The zero-order valence-electron chi connectivity index (χ0n) is 11.8. The summed E-state index contributed by atoms with van der Waals surface area (Å²) in [6.07, 6.45) is 1.45. The minimum absolute atomic E-state index is 0.00198. The Morgan fingerprint density at radius 2 is 1.78 bits per heavy atom. The average Bonchev–Trinajstić information content (AvgIpc) is 2.35. The third-order valence-corrected chi connectivity index (χ3v) is 3.62. The van der Waals surface area contributed by atoms with E-state index in [1.165, 1.54) is 0 Å². The van der Waals surface area contributed by atoms with E-state index >= 15 is 0 Å². The smallest absolute Gasteiger partial charge is 0.240 e. The lowest BCUT2D eigenvalue weighted by atomic mass is 9.86. The molecule has 0 unspecified atom stereocenters. The Kier molecular flexibility index (Phi) is 4.73. The first-order valence-corrected chi connectivity index (χ1v) is 6.53. The molecule has 2 amide bonds. The highest BCUT2D eigenvalue weighted by atomic mass is 16.2. The van der Waals surface area contributed by atoms with E-state index in [0.29, 0.717) is 13.1 Å². The quantitative estimate of drug-likeness (QED) is 0.747. The van der Waals surface area contributed by atoms with Crippen LogP contribution in [0.15, 0.2) is 0 Å². The summed E-state index contributed by atoms with van der Waals surface area (Å²) < 4.78 is 0. The molecule has 5 heteroatoms. The van der Waals surface area contributed by atoms with E-state index in [2.05, 4.69) is 5.32 Å². The summed E-state index contributed by atoms with van der Waals surface area (Å²) in [5, 5.41) is 2.66. The van der Waals surface area contributed by atoms with Crippen LogP contribution in [0.3, 0.4) is 0 Å². The van der Waals surface area contributed by atoms with Crippen molar-refractivity contribution in [2.45, 2.75) is 39.7 Å². The Labute approximate surface area is 109 Å². The molecule has 1 aliphatic rings. The predicted octanol–water partition coefficient (Wildman–Crippen LogP) is 0.344. The van der Waals surface area contributed by atoms with Crippen LogP contribution in [0.5, 0.6) is 0 Å². The van der Waals surface area contributed by atoms with Gasteiger partial charge in [0.15, 0.2) is 0 Å². The molecule has 0 aliphatic carbocycles. The zero-order valence-corrected chi connectivity index (χ0v) is 11.8. The number of piperidine rings is 1. The largest absolute Gasteiger partial charge is 0.359 e. The molecular formula is C13H25N3O2. The number of carbonyl (C=O) groups is 2. The van der Waals surface area contributed by atoms with Gasteiger partial charge in [0.1, 0.15) is 0 Å². The Morgan fingerprint density at radius 1 is 1.28 bits per heavy atom. The fourth-order valence-electron chi connectivity index (χ4n) is 2.13. The molecule has 0 aromatic carbocycles. The van der Waals surface area contributed by atoms with E-state index < -0.39 is 6.04 Å². The summed E-state index contributed by atoms with van der Waals surface area (Å²) in [7, 11) is 1.65.